The molecule has 0 heteroatoms. The number of aryl methyl sites for hydroxylation is 2. The Balaban J connectivity index is 2.83. The van der Waals surface area contributed by atoms with Crippen LogP contribution >= 0.6 is 0 Å². The number of allylic oxidation sites excluding steroid dienone is 1. The molecule has 0 saturated carbocycles. The lowest BCUT2D eigenvalue weighted by atomic mass is 9.94. The molecule has 1 aromatic carbocycles. The second-order valence-corrected chi connectivity index (χ2v) is 3.93. The minimum Gasteiger partial charge on any atom is -0.0845 e. The first kappa shape index (κ1) is 11.0. The van der Waals surface area contributed by atoms with Crippen LogP contribution in [-0.2, 0) is 6.42 Å². The predicted molar refractivity (Wildman–Crippen MR) is 62.5 cm³/mol. The fourth-order valence-electron chi connectivity index (χ4n) is 1.79. The number of hydrogen-bond acceptors (Lipinski definition) is 0. The van der Waals surface area contributed by atoms with E-state index < -0.39 is 0 Å². The number of benzene rings is 1. The van der Waals surface area contributed by atoms with Crippen LogP contribution in [0.15, 0.2) is 18.2 Å². The molecule has 0 aromatic heterocycles. The van der Waals surface area contributed by atoms with Crippen LogP contribution in [0.1, 0.15) is 35.1 Å². The molecule has 0 aliphatic carbocycles. The maximum Gasteiger partial charge on any atom is -0.0271 e. The maximum atomic E-state index is 5.37. The summed E-state index contributed by atoms with van der Waals surface area (Å²) in [5, 5.41) is 0. The molecule has 14 heavy (non-hydrogen) atoms. The Hall–Kier alpha value is -1.04. The smallest absolute Gasteiger partial charge is 0.0271 e. The van der Waals surface area contributed by atoms with Gasteiger partial charge in [-0.1, -0.05) is 24.8 Å². The van der Waals surface area contributed by atoms with Crippen molar-refractivity contribution in [2.75, 3.05) is 0 Å². The Labute approximate surface area is 87.7 Å². The molecule has 0 heterocycles. The third-order valence-corrected chi connectivity index (χ3v) is 2.90. The van der Waals surface area contributed by atoms with Crippen molar-refractivity contribution in [2.24, 2.45) is 0 Å². The van der Waals surface area contributed by atoms with Crippen molar-refractivity contribution in [2.45, 2.75) is 40.0 Å². The molecule has 75 valence electrons. The van der Waals surface area contributed by atoms with Crippen LogP contribution in [0.5, 0.6) is 0 Å². The SMILES string of the molecule is [CH]=CCCCc1c(C)ccc(C)c1C. The second-order valence-electron chi connectivity index (χ2n) is 3.93. The molecule has 0 fully saturated rings. The van der Waals surface area contributed by atoms with Crippen LogP contribution < -0.4 is 0 Å². The number of unbranched alkanes of at least 4 members (excludes halogenated alkanes) is 1. The van der Waals surface area contributed by atoms with E-state index in [1.807, 2.05) is 0 Å². The topological polar surface area (TPSA) is 0 Å². The van der Waals surface area contributed by atoms with Gasteiger partial charge < -0.3 is 0 Å². The first-order valence-corrected chi connectivity index (χ1v) is 5.26. The van der Waals surface area contributed by atoms with Crippen molar-refractivity contribution in [3.8, 4) is 0 Å². The lowest BCUT2D eigenvalue weighted by molar-refractivity contribution is 0.830. The van der Waals surface area contributed by atoms with Gasteiger partial charge in [0.1, 0.15) is 0 Å². The monoisotopic (exact) mass is 187 g/mol. The van der Waals surface area contributed by atoms with Gasteiger partial charge in [0.15, 0.2) is 0 Å². The van der Waals surface area contributed by atoms with Crippen molar-refractivity contribution in [1.29, 1.82) is 0 Å². The van der Waals surface area contributed by atoms with E-state index in [9.17, 15) is 0 Å². The fraction of sp³-hybridized carbons (Fsp3) is 0.429. The molecule has 0 unspecified atom stereocenters. The van der Waals surface area contributed by atoms with Gasteiger partial charge in [0, 0.05) is 0 Å². The Morgan fingerprint density at radius 2 is 1.79 bits per heavy atom. The zero-order chi connectivity index (χ0) is 10.6. The van der Waals surface area contributed by atoms with Crippen molar-refractivity contribution < 1.29 is 0 Å². The average molecular weight is 187 g/mol. The molecule has 0 nitrogen and oxygen atoms in total. The predicted octanol–water partition coefficient (Wildman–Crippen LogP) is 3.92. The van der Waals surface area contributed by atoms with Crippen LogP contribution in [0, 0.1) is 27.4 Å². The largest absolute Gasteiger partial charge is 0.0845 e. The van der Waals surface area contributed by atoms with Crippen LogP contribution in [-0.4, -0.2) is 0 Å². The fourth-order valence-corrected chi connectivity index (χ4v) is 1.79. The molecular weight excluding hydrogens is 168 g/mol. The highest BCUT2D eigenvalue weighted by Crippen LogP contribution is 2.19. The van der Waals surface area contributed by atoms with Gasteiger partial charge in [-0.05, 0) is 62.3 Å². The van der Waals surface area contributed by atoms with E-state index in [0.717, 1.165) is 19.3 Å². The van der Waals surface area contributed by atoms with Crippen molar-refractivity contribution in [3.05, 3.63) is 47.0 Å². The lowest BCUT2D eigenvalue weighted by Crippen LogP contribution is -1.96. The van der Waals surface area contributed by atoms with E-state index in [4.69, 9.17) is 6.58 Å². The first-order valence-electron chi connectivity index (χ1n) is 5.26. The molecule has 0 amide bonds. The zero-order valence-electron chi connectivity index (χ0n) is 9.43. The van der Waals surface area contributed by atoms with E-state index >= 15 is 0 Å². The summed E-state index contributed by atoms with van der Waals surface area (Å²) >= 11 is 0. The third kappa shape index (κ3) is 2.47. The quantitative estimate of drug-likeness (QED) is 0.627. The summed E-state index contributed by atoms with van der Waals surface area (Å²) in [5.41, 5.74) is 5.75. The highest BCUT2D eigenvalue weighted by atomic mass is 14.1. The van der Waals surface area contributed by atoms with Crippen LogP contribution in [0.4, 0.5) is 0 Å². The van der Waals surface area contributed by atoms with Gasteiger partial charge in [0.2, 0.25) is 0 Å². The van der Waals surface area contributed by atoms with Crippen molar-refractivity contribution in [1.82, 2.24) is 0 Å². The summed E-state index contributed by atoms with van der Waals surface area (Å²) in [6.45, 7) is 11.9. The van der Waals surface area contributed by atoms with Crippen LogP contribution in [0.25, 0.3) is 0 Å². The van der Waals surface area contributed by atoms with Gasteiger partial charge >= 0.3 is 0 Å². The summed E-state index contributed by atoms with van der Waals surface area (Å²) in [5.74, 6) is 0. The first-order chi connectivity index (χ1) is 6.66. The molecule has 0 saturated heterocycles. The maximum absolute atomic E-state index is 5.37. The van der Waals surface area contributed by atoms with Crippen LogP contribution in [0.3, 0.4) is 0 Å². The number of hydrogen-bond donors (Lipinski definition) is 0. The Kier molecular flexibility index (Phi) is 3.94. The molecular formula is C14H19. The standard InChI is InChI=1S/C14H19/c1-5-6-7-8-14-12(3)10-9-11(2)13(14)4/h1,5,9-10H,6-8H2,2-4H3. The summed E-state index contributed by atoms with van der Waals surface area (Å²) < 4.78 is 0. The summed E-state index contributed by atoms with van der Waals surface area (Å²) in [6, 6.07) is 4.41. The van der Waals surface area contributed by atoms with Crippen LogP contribution in [0.2, 0.25) is 0 Å². The Morgan fingerprint density at radius 1 is 1.14 bits per heavy atom. The zero-order valence-corrected chi connectivity index (χ0v) is 9.43. The third-order valence-electron chi connectivity index (χ3n) is 2.90. The molecule has 1 aromatic rings. The molecule has 0 bridgehead atoms. The van der Waals surface area contributed by atoms with E-state index in [1.54, 1.807) is 6.08 Å². The Bertz CT molecular complexity index is 321. The lowest BCUT2D eigenvalue weighted by Gasteiger charge is -2.11. The van der Waals surface area contributed by atoms with Gasteiger partial charge in [-0.25, -0.2) is 0 Å². The molecule has 0 spiro atoms. The summed E-state index contributed by atoms with van der Waals surface area (Å²) in [6.07, 6.45) is 5.06. The van der Waals surface area contributed by atoms with E-state index in [1.165, 1.54) is 22.3 Å². The van der Waals surface area contributed by atoms with E-state index in [0.29, 0.717) is 0 Å². The minimum absolute atomic E-state index is 1.01. The van der Waals surface area contributed by atoms with Gasteiger partial charge in [0.25, 0.3) is 0 Å². The molecule has 0 N–H and O–H groups in total. The molecule has 0 atom stereocenters. The summed E-state index contributed by atoms with van der Waals surface area (Å²) in [7, 11) is 0. The van der Waals surface area contributed by atoms with E-state index in [-0.39, 0.29) is 0 Å². The van der Waals surface area contributed by atoms with E-state index in [2.05, 4.69) is 32.9 Å². The molecule has 1 rings (SSSR count). The van der Waals surface area contributed by atoms with Gasteiger partial charge in [-0.15, -0.1) is 0 Å². The normalized spacial score (nSPS) is 10.2. The molecule has 1 radical (unpaired) electrons. The number of rotatable bonds is 4. The molecule has 0 aliphatic rings. The Morgan fingerprint density at radius 3 is 2.43 bits per heavy atom. The van der Waals surface area contributed by atoms with Gasteiger partial charge in [-0.2, -0.15) is 0 Å². The highest BCUT2D eigenvalue weighted by Gasteiger charge is 2.03. The second kappa shape index (κ2) is 4.99. The van der Waals surface area contributed by atoms with Gasteiger partial charge in [0.05, 0.1) is 0 Å². The van der Waals surface area contributed by atoms with Crippen molar-refractivity contribution >= 4 is 0 Å². The highest BCUT2D eigenvalue weighted by molar-refractivity contribution is 5.39. The molecule has 0 aliphatic heterocycles. The van der Waals surface area contributed by atoms with Crippen molar-refractivity contribution in [3.63, 3.8) is 0 Å². The van der Waals surface area contributed by atoms with Gasteiger partial charge in [-0.3, -0.25) is 0 Å². The average Bonchev–Trinajstić information content (AvgIpc) is 2.18. The minimum atomic E-state index is 1.01. The summed E-state index contributed by atoms with van der Waals surface area (Å²) in [4.78, 5) is 0.